The van der Waals surface area contributed by atoms with Crippen molar-refractivity contribution in [1.29, 1.82) is 0 Å². The third-order valence-electron chi connectivity index (χ3n) is 2.00. The number of hydrogen-bond donors (Lipinski definition) is 0. The van der Waals surface area contributed by atoms with E-state index >= 15 is 0 Å². The van der Waals surface area contributed by atoms with E-state index in [1.165, 1.54) is 13.2 Å². The van der Waals surface area contributed by atoms with Gasteiger partial charge in [-0.2, -0.15) is 0 Å². The van der Waals surface area contributed by atoms with Crippen LogP contribution in [0.3, 0.4) is 0 Å². The monoisotopic (exact) mass is 260 g/mol. The molecule has 0 saturated carbocycles. The van der Waals surface area contributed by atoms with Crippen LogP contribution in [-0.4, -0.2) is 13.1 Å². The lowest BCUT2D eigenvalue weighted by molar-refractivity contribution is -0.141. The molecule has 0 aliphatic rings. The van der Waals surface area contributed by atoms with E-state index in [9.17, 15) is 9.18 Å². The Balaban J connectivity index is 2.96. The fourth-order valence-corrected chi connectivity index (χ4v) is 1.49. The molecule has 2 nitrogen and oxygen atoms in total. The molecular formula is C10H10BrFO2. The highest BCUT2D eigenvalue weighted by atomic mass is 79.9. The highest BCUT2D eigenvalue weighted by molar-refractivity contribution is 9.10. The van der Waals surface area contributed by atoms with Crippen molar-refractivity contribution in [3.63, 3.8) is 0 Å². The molecule has 4 heteroatoms. The van der Waals surface area contributed by atoms with Gasteiger partial charge in [0, 0.05) is 0 Å². The standard InChI is InChI=1S/C10H10BrFO2/c1-6(10(13)14-2)7-3-4-9(12)8(11)5-7/h3-6H,1-2H3. The molecule has 0 fully saturated rings. The maximum absolute atomic E-state index is 12.9. The zero-order valence-electron chi connectivity index (χ0n) is 7.88. The highest BCUT2D eigenvalue weighted by Gasteiger charge is 2.16. The Morgan fingerprint density at radius 3 is 2.71 bits per heavy atom. The number of ether oxygens (including phenoxy) is 1. The molecule has 0 aliphatic heterocycles. The molecule has 1 rings (SSSR count). The van der Waals surface area contributed by atoms with Crippen molar-refractivity contribution in [1.82, 2.24) is 0 Å². The molecule has 14 heavy (non-hydrogen) atoms. The molecule has 0 heterocycles. The molecule has 0 aliphatic carbocycles. The van der Waals surface area contributed by atoms with Gasteiger partial charge in [-0.1, -0.05) is 6.07 Å². The van der Waals surface area contributed by atoms with Gasteiger partial charge in [0.1, 0.15) is 5.82 Å². The van der Waals surface area contributed by atoms with Crippen molar-refractivity contribution >= 4 is 21.9 Å². The Hall–Kier alpha value is -0.900. The largest absolute Gasteiger partial charge is 0.469 e. The van der Waals surface area contributed by atoms with Gasteiger partial charge in [0.2, 0.25) is 0 Å². The molecule has 76 valence electrons. The van der Waals surface area contributed by atoms with Crippen LogP contribution in [-0.2, 0) is 9.53 Å². The first-order valence-electron chi connectivity index (χ1n) is 4.09. The number of carbonyl (C=O) groups excluding carboxylic acids is 1. The quantitative estimate of drug-likeness (QED) is 0.765. The number of halogens is 2. The van der Waals surface area contributed by atoms with Gasteiger partial charge in [-0.3, -0.25) is 4.79 Å². The molecule has 0 bridgehead atoms. The second-order valence-corrected chi connectivity index (χ2v) is 3.77. The first-order chi connectivity index (χ1) is 6.56. The summed E-state index contributed by atoms with van der Waals surface area (Å²) in [6, 6.07) is 4.47. The molecule has 1 aromatic carbocycles. The fraction of sp³-hybridized carbons (Fsp3) is 0.300. The van der Waals surface area contributed by atoms with E-state index in [2.05, 4.69) is 20.7 Å². The van der Waals surface area contributed by atoms with Gasteiger partial charge in [0.25, 0.3) is 0 Å². The molecule has 0 spiro atoms. The molecule has 0 saturated heterocycles. The van der Waals surface area contributed by atoms with Crippen molar-refractivity contribution in [3.05, 3.63) is 34.1 Å². The van der Waals surface area contributed by atoms with E-state index < -0.39 is 0 Å². The minimum atomic E-state index is -0.378. The van der Waals surface area contributed by atoms with Gasteiger partial charge >= 0.3 is 5.97 Å². The Labute approximate surface area is 90.2 Å². The number of carbonyl (C=O) groups is 1. The second-order valence-electron chi connectivity index (χ2n) is 2.92. The predicted octanol–water partition coefficient (Wildman–Crippen LogP) is 2.86. The SMILES string of the molecule is COC(=O)C(C)c1ccc(F)c(Br)c1. The summed E-state index contributed by atoms with van der Waals surface area (Å²) >= 11 is 3.06. The van der Waals surface area contributed by atoms with Crippen molar-refractivity contribution in [2.24, 2.45) is 0 Å². The molecular weight excluding hydrogens is 251 g/mol. The number of methoxy groups -OCH3 is 1. The Morgan fingerprint density at radius 1 is 1.57 bits per heavy atom. The predicted molar refractivity (Wildman–Crippen MR) is 54.5 cm³/mol. The van der Waals surface area contributed by atoms with Crippen LogP contribution in [0.15, 0.2) is 22.7 Å². The first-order valence-corrected chi connectivity index (χ1v) is 4.88. The normalized spacial score (nSPS) is 12.3. The van der Waals surface area contributed by atoms with Crippen LogP contribution in [0.2, 0.25) is 0 Å². The van der Waals surface area contributed by atoms with Crippen LogP contribution in [0.4, 0.5) is 4.39 Å². The van der Waals surface area contributed by atoms with Crippen LogP contribution in [0, 0.1) is 5.82 Å². The number of esters is 1. The van der Waals surface area contributed by atoms with Gasteiger partial charge in [-0.15, -0.1) is 0 Å². The molecule has 1 atom stereocenters. The first kappa shape index (κ1) is 11.2. The Morgan fingerprint density at radius 2 is 2.21 bits per heavy atom. The molecule has 0 amide bonds. The summed E-state index contributed by atoms with van der Waals surface area (Å²) in [7, 11) is 1.33. The topological polar surface area (TPSA) is 26.3 Å². The zero-order chi connectivity index (χ0) is 10.7. The maximum atomic E-state index is 12.9. The van der Waals surface area contributed by atoms with Gasteiger partial charge in [0.05, 0.1) is 17.5 Å². The van der Waals surface area contributed by atoms with Gasteiger partial charge < -0.3 is 4.74 Å². The third-order valence-corrected chi connectivity index (χ3v) is 2.61. The Bertz CT molecular complexity index is 352. The summed E-state index contributed by atoms with van der Waals surface area (Å²) in [6.45, 7) is 1.71. The average molecular weight is 261 g/mol. The summed E-state index contributed by atoms with van der Waals surface area (Å²) in [6.07, 6.45) is 0. The lowest BCUT2D eigenvalue weighted by atomic mass is 10.0. The summed E-state index contributed by atoms with van der Waals surface area (Å²) in [5, 5.41) is 0. The van der Waals surface area contributed by atoms with Crippen molar-refractivity contribution in [3.8, 4) is 0 Å². The molecule has 0 aromatic heterocycles. The highest BCUT2D eigenvalue weighted by Crippen LogP contribution is 2.23. The van der Waals surface area contributed by atoms with Crippen LogP contribution in [0.1, 0.15) is 18.4 Å². The van der Waals surface area contributed by atoms with Gasteiger partial charge in [-0.25, -0.2) is 4.39 Å². The van der Waals surface area contributed by atoms with Gasteiger partial charge in [-0.05, 0) is 40.5 Å². The summed E-state index contributed by atoms with van der Waals surface area (Å²) in [4.78, 5) is 11.2. The summed E-state index contributed by atoms with van der Waals surface area (Å²) in [5.74, 6) is -1.05. The van der Waals surface area contributed by atoms with Crippen LogP contribution in [0.25, 0.3) is 0 Å². The van der Waals surface area contributed by atoms with E-state index in [0.717, 1.165) is 5.56 Å². The van der Waals surface area contributed by atoms with E-state index in [0.29, 0.717) is 4.47 Å². The van der Waals surface area contributed by atoms with Crippen molar-refractivity contribution in [2.45, 2.75) is 12.8 Å². The zero-order valence-corrected chi connectivity index (χ0v) is 9.47. The number of hydrogen-bond acceptors (Lipinski definition) is 2. The Kier molecular flexibility index (Phi) is 3.63. The molecule has 1 unspecified atom stereocenters. The lowest BCUT2D eigenvalue weighted by Gasteiger charge is -2.09. The minimum Gasteiger partial charge on any atom is -0.469 e. The molecule has 1 aromatic rings. The number of benzene rings is 1. The minimum absolute atomic E-state index is 0.330. The van der Waals surface area contributed by atoms with Crippen LogP contribution in [0.5, 0.6) is 0 Å². The number of rotatable bonds is 2. The lowest BCUT2D eigenvalue weighted by Crippen LogP contribution is -2.10. The van der Waals surface area contributed by atoms with E-state index in [1.807, 2.05) is 0 Å². The van der Waals surface area contributed by atoms with Crippen LogP contribution < -0.4 is 0 Å². The van der Waals surface area contributed by atoms with Crippen molar-refractivity contribution in [2.75, 3.05) is 7.11 Å². The smallest absolute Gasteiger partial charge is 0.312 e. The van der Waals surface area contributed by atoms with Crippen molar-refractivity contribution < 1.29 is 13.9 Å². The van der Waals surface area contributed by atoms with Crippen LogP contribution >= 0.6 is 15.9 Å². The fourth-order valence-electron chi connectivity index (χ4n) is 1.09. The summed E-state index contributed by atoms with van der Waals surface area (Å²) in [5.41, 5.74) is 0.727. The molecule has 0 radical (unpaired) electrons. The van der Waals surface area contributed by atoms with E-state index in [4.69, 9.17) is 0 Å². The molecule has 0 N–H and O–H groups in total. The average Bonchev–Trinajstić information content (AvgIpc) is 2.20. The summed E-state index contributed by atoms with van der Waals surface area (Å²) < 4.78 is 17.8. The maximum Gasteiger partial charge on any atom is 0.312 e. The van der Waals surface area contributed by atoms with E-state index in [1.54, 1.807) is 19.1 Å². The van der Waals surface area contributed by atoms with Gasteiger partial charge in [0.15, 0.2) is 0 Å². The third kappa shape index (κ3) is 2.32. The van der Waals surface area contributed by atoms with E-state index in [-0.39, 0.29) is 17.7 Å². The second kappa shape index (κ2) is 4.55.